The molecule has 0 aliphatic carbocycles. The highest BCUT2D eigenvalue weighted by molar-refractivity contribution is 9.10. The minimum atomic E-state index is -0.314. The van der Waals surface area contributed by atoms with E-state index in [-0.39, 0.29) is 42.1 Å². The molecular formula is C59H48BrClN8O7S4. The standard InChI is InChI=1S/C25H18N4O2S2.C14H12N4OS.C12H10O2S.C8H7BrO2.ClH/c1-15-5-6-19(28-23(30)17-4-2-3-16(11-17)18-7-10-32-14-18)12-20(15)29-24(31)22-13-21-25(33-22)27-9-8-26-21;1-8-2-3-9(15)6-10(8)18-13(19)12-7-11-14(20-12)17-5-4-16-11;1-14-12(13)10-4-2-3-9(7-10)11-5-6-15-8-11;1-11-8(10)6-3-2-4-7(9)5-6;/h2-14H,1H3,(H,28,30)(H,29,31);2-7H,15H2,1H3,(H,18,19);2-8H,1H3;2-5H,1H3;1H. The summed E-state index contributed by atoms with van der Waals surface area (Å²) in [5, 5.41) is 16.9. The van der Waals surface area contributed by atoms with Gasteiger partial charge in [-0.1, -0.05) is 58.4 Å². The predicted molar refractivity (Wildman–Crippen MR) is 329 cm³/mol. The van der Waals surface area contributed by atoms with E-state index in [0.717, 1.165) is 48.2 Å². The van der Waals surface area contributed by atoms with Crippen molar-refractivity contribution in [2.24, 2.45) is 0 Å². The first-order chi connectivity index (χ1) is 38.2. The summed E-state index contributed by atoms with van der Waals surface area (Å²) < 4.78 is 10.1. The molecule has 5 N–H and O–H groups in total. The molecule has 21 heteroatoms. The Balaban J connectivity index is 0.000000168. The normalized spacial score (nSPS) is 10.3. The van der Waals surface area contributed by atoms with Crippen LogP contribution in [0.2, 0.25) is 0 Å². The maximum atomic E-state index is 12.9. The van der Waals surface area contributed by atoms with Crippen LogP contribution < -0.4 is 21.7 Å². The third-order valence-electron chi connectivity index (χ3n) is 11.4. The molecule has 6 aromatic heterocycles. The monoisotopic (exact) mass is 1220 g/mol. The number of nitrogens with zero attached hydrogens (tertiary/aromatic N) is 4. The Morgan fingerprint density at radius 3 is 1.48 bits per heavy atom. The van der Waals surface area contributed by atoms with Crippen LogP contribution in [0.3, 0.4) is 0 Å². The van der Waals surface area contributed by atoms with Gasteiger partial charge in [-0.15, -0.1) is 35.1 Å². The van der Waals surface area contributed by atoms with Crippen LogP contribution in [0.25, 0.3) is 42.9 Å². The lowest BCUT2D eigenvalue weighted by Gasteiger charge is -2.11. The number of aryl methyl sites for hydroxylation is 2. The highest BCUT2D eigenvalue weighted by atomic mass is 79.9. The highest BCUT2D eigenvalue weighted by Crippen LogP contribution is 2.29. The van der Waals surface area contributed by atoms with Crippen LogP contribution >= 0.6 is 73.7 Å². The fraction of sp³-hybridized carbons (Fsp3) is 0.0678. The zero-order valence-corrected chi connectivity index (χ0v) is 48.6. The van der Waals surface area contributed by atoms with Gasteiger partial charge in [0.25, 0.3) is 17.7 Å². The summed E-state index contributed by atoms with van der Waals surface area (Å²) in [6.07, 6.45) is 6.43. The molecule has 6 heterocycles. The van der Waals surface area contributed by atoms with Crippen LogP contribution in [0.4, 0.5) is 22.7 Å². The number of carbonyl (C=O) groups excluding carboxylic acids is 5. The van der Waals surface area contributed by atoms with E-state index in [2.05, 4.69) is 72.1 Å². The van der Waals surface area contributed by atoms with Crippen molar-refractivity contribution < 1.29 is 33.4 Å². The molecule has 0 atom stereocenters. The molecule has 0 unspecified atom stereocenters. The average Bonchev–Trinajstić information content (AvgIpc) is 4.34. The van der Waals surface area contributed by atoms with Crippen molar-refractivity contribution in [3.63, 3.8) is 0 Å². The molecule has 3 amide bonds. The van der Waals surface area contributed by atoms with Gasteiger partial charge in [-0.25, -0.2) is 19.6 Å². The Bertz CT molecular complexity index is 3880. The number of hydrogen-bond acceptors (Lipinski definition) is 16. The summed E-state index contributed by atoms with van der Waals surface area (Å²) in [7, 11) is 2.75. The molecule has 0 aliphatic heterocycles. The molecular weight excluding hydrogens is 1180 g/mol. The van der Waals surface area contributed by atoms with E-state index >= 15 is 0 Å². The number of carbonyl (C=O) groups is 5. The van der Waals surface area contributed by atoms with E-state index in [1.807, 2.05) is 97.4 Å². The Morgan fingerprint density at radius 2 is 0.975 bits per heavy atom. The Kier molecular flexibility index (Phi) is 21.0. The third kappa shape index (κ3) is 15.8. The van der Waals surface area contributed by atoms with Gasteiger partial charge >= 0.3 is 11.9 Å². The molecule has 0 radical (unpaired) electrons. The first-order valence-electron chi connectivity index (χ1n) is 23.7. The zero-order chi connectivity index (χ0) is 55.8. The Morgan fingerprint density at radius 1 is 0.500 bits per heavy atom. The second kappa shape index (κ2) is 28.4. The molecule has 0 aliphatic rings. The number of hydrogen-bond donors (Lipinski definition) is 4. The van der Waals surface area contributed by atoms with Gasteiger partial charge in [-0.3, -0.25) is 24.4 Å². The molecule has 0 saturated heterocycles. The minimum absolute atomic E-state index is 0. The number of thiophene rings is 4. The lowest BCUT2D eigenvalue weighted by Crippen LogP contribution is -2.14. The van der Waals surface area contributed by atoms with Gasteiger partial charge in [-0.05, 0) is 160 Å². The summed E-state index contributed by atoms with van der Waals surface area (Å²) >= 11 is 9.11. The lowest BCUT2D eigenvalue weighted by molar-refractivity contribution is 0.0592. The van der Waals surface area contributed by atoms with E-state index in [1.165, 1.54) is 36.9 Å². The Hall–Kier alpha value is -8.50. The molecule has 11 rings (SSSR count). The van der Waals surface area contributed by atoms with Crippen LogP contribution in [-0.2, 0) is 9.47 Å². The lowest BCUT2D eigenvalue weighted by atomic mass is 10.1. The van der Waals surface area contributed by atoms with Gasteiger partial charge < -0.3 is 31.2 Å². The predicted octanol–water partition coefficient (Wildman–Crippen LogP) is 14.9. The number of nitrogen functional groups attached to an aromatic ring is 1. The van der Waals surface area contributed by atoms with Gasteiger partial charge in [0.15, 0.2) is 0 Å². The number of nitrogens with one attached hydrogen (secondary N) is 3. The van der Waals surface area contributed by atoms with Crippen LogP contribution in [0, 0.1) is 13.8 Å². The molecule has 0 spiro atoms. The first-order valence-corrected chi connectivity index (χ1v) is 28.1. The van der Waals surface area contributed by atoms with E-state index in [4.69, 9.17) is 5.73 Å². The summed E-state index contributed by atoms with van der Waals surface area (Å²) in [4.78, 5) is 79.5. The van der Waals surface area contributed by atoms with Gasteiger partial charge in [0, 0.05) is 57.6 Å². The fourth-order valence-electron chi connectivity index (χ4n) is 7.32. The van der Waals surface area contributed by atoms with Crippen molar-refractivity contribution >= 4 is 147 Å². The van der Waals surface area contributed by atoms with E-state index < -0.39 is 0 Å². The van der Waals surface area contributed by atoms with Crippen LogP contribution in [0.1, 0.15) is 61.5 Å². The minimum Gasteiger partial charge on any atom is -0.465 e. The SMILES string of the molecule is COC(=O)c1cccc(-c2ccsc2)c1.COC(=O)c1cccc(Br)c1.Cc1ccc(N)cc1NC(=O)c1cc2nccnc2s1.Cc1ccc(NC(=O)c2cccc(-c3ccsc3)c2)cc1NC(=O)c1cc2nccnc2s1.Cl. The number of fused-ring (bicyclic) bond motifs is 2. The summed E-state index contributed by atoms with van der Waals surface area (Å²) in [5.74, 6) is -1.24. The first kappa shape index (κ1) is 59.2. The van der Waals surface area contributed by atoms with Crippen molar-refractivity contribution in [1.29, 1.82) is 0 Å². The number of rotatable bonds is 10. The molecule has 0 bridgehead atoms. The van der Waals surface area contributed by atoms with Gasteiger partial charge in [0.1, 0.15) is 20.7 Å². The van der Waals surface area contributed by atoms with E-state index in [1.54, 1.807) is 108 Å². The van der Waals surface area contributed by atoms with Crippen LogP contribution in [-0.4, -0.2) is 63.8 Å². The number of anilines is 4. The van der Waals surface area contributed by atoms with Crippen molar-refractivity contribution in [1.82, 2.24) is 19.9 Å². The topological polar surface area (TPSA) is 217 Å². The highest BCUT2D eigenvalue weighted by Gasteiger charge is 2.16. The second-order valence-corrected chi connectivity index (χ2v) is 21.4. The molecule has 0 fully saturated rings. The number of methoxy groups -OCH3 is 2. The maximum absolute atomic E-state index is 12.9. The molecule has 80 heavy (non-hydrogen) atoms. The zero-order valence-electron chi connectivity index (χ0n) is 43.0. The van der Waals surface area contributed by atoms with Crippen molar-refractivity contribution in [3.05, 3.63) is 222 Å². The summed E-state index contributed by atoms with van der Waals surface area (Å²) in [6.45, 7) is 3.82. The molecule has 0 saturated carbocycles. The van der Waals surface area contributed by atoms with Crippen molar-refractivity contribution in [2.45, 2.75) is 13.8 Å². The number of esters is 2. The summed E-state index contributed by atoms with van der Waals surface area (Å²) in [5.41, 5.74) is 17.5. The van der Waals surface area contributed by atoms with Gasteiger partial charge in [0.05, 0.1) is 35.1 Å². The number of benzene rings is 5. The summed E-state index contributed by atoms with van der Waals surface area (Å²) in [6, 6.07) is 40.4. The largest absolute Gasteiger partial charge is 0.465 e. The fourth-order valence-corrected chi connectivity index (χ4v) is 10.8. The number of nitrogens with two attached hydrogens (primary N) is 1. The van der Waals surface area contributed by atoms with E-state index in [0.29, 0.717) is 59.5 Å². The number of halogens is 2. The van der Waals surface area contributed by atoms with Crippen molar-refractivity contribution in [3.8, 4) is 22.3 Å². The smallest absolute Gasteiger partial charge is 0.337 e. The van der Waals surface area contributed by atoms with E-state index in [9.17, 15) is 24.0 Å². The average molecular weight is 1220 g/mol. The third-order valence-corrected chi connectivity index (χ3v) is 15.3. The van der Waals surface area contributed by atoms with Crippen LogP contribution in [0.5, 0.6) is 0 Å². The molecule has 404 valence electrons. The number of aromatic nitrogens is 4. The van der Waals surface area contributed by atoms with Gasteiger partial charge in [0.2, 0.25) is 0 Å². The number of amides is 3. The maximum Gasteiger partial charge on any atom is 0.337 e. The van der Waals surface area contributed by atoms with Crippen LogP contribution in [0.15, 0.2) is 184 Å². The quantitative estimate of drug-likeness (QED) is 0.0743. The Labute approximate surface area is 490 Å². The second-order valence-electron chi connectivity index (χ2n) is 16.9. The molecule has 15 nitrogen and oxygen atoms in total. The molecule has 11 aromatic rings. The molecule has 5 aromatic carbocycles. The van der Waals surface area contributed by atoms with Crippen molar-refractivity contribution in [2.75, 3.05) is 35.9 Å². The van der Waals surface area contributed by atoms with Gasteiger partial charge in [-0.2, -0.15) is 22.7 Å². The number of ether oxygens (including phenoxy) is 2.